The van der Waals surface area contributed by atoms with Gasteiger partial charge in [-0.25, -0.2) is 0 Å². The van der Waals surface area contributed by atoms with E-state index in [1.807, 2.05) is 30.4 Å². The second kappa shape index (κ2) is 4.50. The number of rotatable bonds is 1. The van der Waals surface area contributed by atoms with E-state index in [-0.39, 0.29) is 5.75 Å². The van der Waals surface area contributed by atoms with Crippen LogP contribution in [0.3, 0.4) is 0 Å². The average molecular weight is 209 g/mol. The van der Waals surface area contributed by atoms with Crippen molar-refractivity contribution < 1.29 is 5.11 Å². The molecule has 0 saturated carbocycles. The lowest BCUT2D eigenvalue weighted by molar-refractivity contribution is 0.475. The summed E-state index contributed by atoms with van der Waals surface area (Å²) in [6.45, 7) is 0. The smallest absolute Gasteiger partial charge is 0.115 e. The Kier molecular flexibility index (Phi) is 2.88. The number of benzene rings is 1. The lowest BCUT2D eigenvalue weighted by Gasteiger charge is -2.01. The molecule has 78 valence electrons. The van der Waals surface area contributed by atoms with E-state index in [0.29, 0.717) is 5.57 Å². The summed E-state index contributed by atoms with van der Waals surface area (Å²) < 4.78 is 0. The van der Waals surface area contributed by atoms with E-state index in [4.69, 9.17) is 5.26 Å². The molecule has 0 bridgehead atoms. The fraction of sp³-hybridized carbons (Fsp3) is 0.0714. The molecule has 1 aromatic carbocycles. The van der Waals surface area contributed by atoms with Gasteiger partial charge in [-0.05, 0) is 35.8 Å². The van der Waals surface area contributed by atoms with Crippen molar-refractivity contribution >= 4 is 5.57 Å². The van der Waals surface area contributed by atoms with Gasteiger partial charge in [0.05, 0.1) is 6.07 Å². The standard InChI is InChI=1S/C14H11NO/c15-10-11-2-1-3-12(5-4-11)13-6-8-14(16)9-7-13/h2-9,16H,1H2. The monoisotopic (exact) mass is 209 g/mol. The molecule has 2 heteroatoms. The van der Waals surface area contributed by atoms with Crippen LogP contribution in [0, 0.1) is 11.3 Å². The summed E-state index contributed by atoms with van der Waals surface area (Å²) in [7, 11) is 0. The first-order chi connectivity index (χ1) is 7.79. The first-order valence-corrected chi connectivity index (χ1v) is 5.07. The largest absolute Gasteiger partial charge is 0.508 e. The van der Waals surface area contributed by atoms with Gasteiger partial charge in [-0.2, -0.15) is 5.26 Å². The molecule has 1 N–H and O–H groups in total. The maximum atomic E-state index is 9.20. The Labute approximate surface area is 94.5 Å². The summed E-state index contributed by atoms with van der Waals surface area (Å²) in [5.41, 5.74) is 2.80. The summed E-state index contributed by atoms with van der Waals surface area (Å²) in [5.74, 6) is 0.262. The van der Waals surface area contributed by atoms with Gasteiger partial charge in [-0.3, -0.25) is 0 Å². The summed E-state index contributed by atoms with van der Waals surface area (Å²) >= 11 is 0. The predicted octanol–water partition coefficient (Wildman–Crippen LogP) is 3.19. The third-order valence-electron chi connectivity index (χ3n) is 2.45. The van der Waals surface area contributed by atoms with Crippen LogP contribution in [-0.2, 0) is 0 Å². The SMILES string of the molecule is N#CC1=CCC=C(c2ccc(O)cc2)C=C1. The van der Waals surface area contributed by atoms with Crippen LogP contribution >= 0.6 is 0 Å². The number of nitriles is 1. The Morgan fingerprint density at radius 2 is 1.81 bits per heavy atom. The van der Waals surface area contributed by atoms with Crippen molar-refractivity contribution in [3.8, 4) is 11.8 Å². The summed E-state index contributed by atoms with van der Waals surface area (Å²) in [5, 5.41) is 18.0. The number of hydrogen-bond donors (Lipinski definition) is 1. The molecule has 0 amide bonds. The van der Waals surface area contributed by atoms with Crippen LogP contribution in [-0.4, -0.2) is 5.11 Å². The Morgan fingerprint density at radius 1 is 1.06 bits per heavy atom. The highest BCUT2D eigenvalue weighted by Gasteiger charge is 2.01. The molecule has 1 aliphatic rings. The topological polar surface area (TPSA) is 44.0 Å². The number of nitrogens with zero attached hydrogens (tertiary/aromatic N) is 1. The highest BCUT2D eigenvalue weighted by molar-refractivity contribution is 5.76. The first-order valence-electron chi connectivity index (χ1n) is 5.07. The molecule has 2 nitrogen and oxygen atoms in total. The molecular weight excluding hydrogens is 198 g/mol. The maximum absolute atomic E-state index is 9.20. The van der Waals surface area contributed by atoms with Crippen molar-refractivity contribution in [2.24, 2.45) is 0 Å². The van der Waals surface area contributed by atoms with Crippen molar-refractivity contribution in [2.75, 3.05) is 0 Å². The van der Waals surface area contributed by atoms with Crippen molar-refractivity contribution in [1.82, 2.24) is 0 Å². The summed E-state index contributed by atoms with van der Waals surface area (Å²) in [6.07, 6.45) is 8.45. The van der Waals surface area contributed by atoms with Gasteiger partial charge in [-0.1, -0.05) is 30.4 Å². The molecule has 0 unspecified atom stereocenters. The van der Waals surface area contributed by atoms with Crippen LogP contribution in [0.25, 0.3) is 5.57 Å². The van der Waals surface area contributed by atoms with E-state index >= 15 is 0 Å². The van der Waals surface area contributed by atoms with Gasteiger partial charge < -0.3 is 5.11 Å². The van der Waals surface area contributed by atoms with Gasteiger partial charge >= 0.3 is 0 Å². The van der Waals surface area contributed by atoms with Gasteiger partial charge in [-0.15, -0.1) is 0 Å². The minimum atomic E-state index is 0.262. The van der Waals surface area contributed by atoms with E-state index in [0.717, 1.165) is 17.6 Å². The fourth-order valence-corrected chi connectivity index (χ4v) is 1.58. The molecule has 0 spiro atoms. The number of aromatic hydroxyl groups is 1. The Bertz CT molecular complexity index is 513. The van der Waals surface area contributed by atoms with Crippen molar-refractivity contribution in [3.05, 3.63) is 59.7 Å². The highest BCUT2D eigenvalue weighted by Crippen LogP contribution is 2.22. The fourth-order valence-electron chi connectivity index (χ4n) is 1.58. The zero-order valence-corrected chi connectivity index (χ0v) is 8.72. The minimum absolute atomic E-state index is 0.262. The van der Waals surface area contributed by atoms with Gasteiger partial charge in [0.15, 0.2) is 0 Å². The third kappa shape index (κ3) is 2.21. The van der Waals surface area contributed by atoms with Gasteiger partial charge in [0, 0.05) is 5.57 Å². The van der Waals surface area contributed by atoms with E-state index < -0.39 is 0 Å². The van der Waals surface area contributed by atoms with Crippen LogP contribution in [0.2, 0.25) is 0 Å². The molecule has 0 heterocycles. The highest BCUT2D eigenvalue weighted by atomic mass is 16.3. The number of hydrogen-bond acceptors (Lipinski definition) is 2. The van der Waals surface area contributed by atoms with Crippen molar-refractivity contribution in [1.29, 1.82) is 5.26 Å². The zero-order valence-electron chi connectivity index (χ0n) is 8.72. The molecule has 2 rings (SSSR count). The Morgan fingerprint density at radius 3 is 2.50 bits per heavy atom. The molecule has 0 radical (unpaired) electrons. The molecule has 0 fully saturated rings. The first kappa shape index (κ1) is 10.3. The second-order valence-corrected chi connectivity index (χ2v) is 3.55. The average Bonchev–Trinajstić information content (AvgIpc) is 2.55. The normalized spacial score (nSPS) is 14.7. The van der Waals surface area contributed by atoms with E-state index in [2.05, 4.69) is 12.1 Å². The third-order valence-corrected chi connectivity index (χ3v) is 2.45. The van der Waals surface area contributed by atoms with Gasteiger partial charge in [0.2, 0.25) is 0 Å². The van der Waals surface area contributed by atoms with E-state index in [1.54, 1.807) is 12.1 Å². The molecule has 16 heavy (non-hydrogen) atoms. The van der Waals surface area contributed by atoms with Crippen LogP contribution < -0.4 is 0 Å². The predicted molar refractivity (Wildman–Crippen MR) is 63.5 cm³/mol. The maximum Gasteiger partial charge on any atom is 0.115 e. The lowest BCUT2D eigenvalue weighted by Crippen LogP contribution is -1.79. The molecule has 0 aliphatic heterocycles. The van der Waals surface area contributed by atoms with E-state index in [1.165, 1.54) is 0 Å². The number of phenols is 1. The Hall–Kier alpha value is -2.27. The van der Waals surface area contributed by atoms with Crippen LogP contribution in [0.1, 0.15) is 12.0 Å². The zero-order chi connectivity index (χ0) is 11.4. The molecule has 0 saturated heterocycles. The van der Waals surface area contributed by atoms with Crippen molar-refractivity contribution in [2.45, 2.75) is 6.42 Å². The summed E-state index contributed by atoms with van der Waals surface area (Å²) in [4.78, 5) is 0. The van der Waals surface area contributed by atoms with Crippen LogP contribution in [0.5, 0.6) is 5.75 Å². The quantitative estimate of drug-likeness (QED) is 0.771. The Balaban J connectivity index is 2.28. The molecule has 0 aromatic heterocycles. The lowest BCUT2D eigenvalue weighted by atomic mass is 10.0. The minimum Gasteiger partial charge on any atom is -0.508 e. The number of phenolic OH excluding ortho intramolecular Hbond substituents is 1. The van der Waals surface area contributed by atoms with Crippen molar-refractivity contribution in [3.63, 3.8) is 0 Å². The molecular formula is C14H11NO. The molecule has 1 aromatic rings. The number of allylic oxidation sites excluding steroid dienone is 6. The second-order valence-electron chi connectivity index (χ2n) is 3.55. The molecule has 1 aliphatic carbocycles. The summed E-state index contributed by atoms with van der Waals surface area (Å²) in [6, 6.07) is 9.17. The van der Waals surface area contributed by atoms with Crippen LogP contribution in [0.4, 0.5) is 0 Å². The van der Waals surface area contributed by atoms with Crippen LogP contribution in [0.15, 0.2) is 54.1 Å². The van der Waals surface area contributed by atoms with Gasteiger partial charge in [0.1, 0.15) is 5.75 Å². The van der Waals surface area contributed by atoms with Gasteiger partial charge in [0.25, 0.3) is 0 Å². The molecule has 0 atom stereocenters. The van der Waals surface area contributed by atoms with E-state index in [9.17, 15) is 5.11 Å².